The summed E-state index contributed by atoms with van der Waals surface area (Å²) in [6.45, 7) is 1.50. The number of halogens is 4. The molecule has 2 saturated carbocycles. The average Bonchev–Trinajstić information content (AvgIpc) is 3.17. The summed E-state index contributed by atoms with van der Waals surface area (Å²) in [5, 5.41) is 12.1. The van der Waals surface area contributed by atoms with E-state index < -0.39 is 54.1 Å². The number of hydrogen-bond acceptors (Lipinski definition) is 7. The van der Waals surface area contributed by atoms with Crippen molar-refractivity contribution in [2.24, 2.45) is 5.92 Å². The second-order valence-electron chi connectivity index (χ2n) is 9.94. The van der Waals surface area contributed by atoms with Crippen molar-refractivity contribution in [3.8, 4) is 0 Å². The fourth-order valence-corrected chi connectivity index (χ4v) is 5.61. The molecule has 0 spiro atoms. The van der Waals surface area contributed by atoms with E-state index in [0.717, 1.165) is 18.7 Å². The molecule has 0 bridgehead atoms. The highest BCUT2D eigenvalue weighted by Crippen LogP contribution is 2.55. The van der Waals surface area contributed by atoms with Gasteiger partial charge in [-0.1, -0.05) is 5.21 Å². The number of ketones is 1. The number of rotatable bonds is 7. The highest BCUT2D eigenvalue weighted by Gasteiger charge is 2.62. The smallest absolute Gasteiger partial charge is 0.380 e. The SMILES string of the molecule is Cc1c(C(=O)C(=O)OC2(c3c[nH]nn3)CC(F)(F)C2)c2n(c1C(=O)Nc1ccnc(C(F)F)c1)[C@@H]1C[C@@H]1C2. The number of nitrogens with zero attached hydrogens (tertiary/aromatic N) is 4. The molecular formula is C24H20F4N6O4. The van der Waals surface area contributed by atoms with Crippen molar-refractivity contribution in [2.45, 2.75) is 56.6 Å². The molecule has 2 fully saturated rings. The van der Waals surface area contributed by atoms with E-state index in [1.165, 1.54) is 19.2 Å². The van der Waals surface area contributed by atoms with E-state index in [4.69, 9.17) is 4.74 Å². The van der Waals surface area contributed by atoms with Gasteiger partial charge in [0.25, 0.3) is 24.0 Å². The minimum atomic E-state index is -3.10. The molecule has 0 aromatic carbocycles. The number of hydrogen-bond donors (Lipinski definition) is 2. The van der Waals surface area contributed by atoms with Gasteiger partial charge < -0.3 is 14.6 Å². The number of ether oxygens (including phenoxy) is 1. The predicted octanol–water partition coefficient (Wildman–Crippen LogP) is 3.67. The zero-order valence-corrected chi connectivity index (χ0v) is 19.8. The largest absolute Gasteiger partial charge is 0.446 e. The molecule has 1 amide bonds. The lowest BCUT2D eigenvalue weighted by Gasteiger charge is -2.44. The molecule has 3 aromatic heterocycles. The molecule has 198 valence electrons. The maximum atomic E-state index is 13.8. The number of anilines is 1. The van der Waals surface area contributed by atoms with Crippen LogP contribution >= 0.6 is 0 Å². The normalized spacial score (nSPS) is 21.8. The molecule has 10 nitrogen and oxygen atoms in total. The quantitative estimate of drug-likeness (QED) is 0.205. The van der Waals surface area contributed by atoms with Crippen LogP contribution in [0.4, 0.5) is 23.2 Å². The number of nitrogens with one attached hydrogen (secondary N) is 2. The summed E-state index contributed by atoms with van der Waals surface area (Å²) in [6, 6.07) is 2.36. The van der Waals surface area contributed by atoms with Crippen LogP contribution in [0.5, 0.6) is 0 Å². The van der Waals surface area contributed by atoms with Gasteiger partial charge in [0.05, 0.1) is 18.4 Å². The number of fused-ring (bicyclic) bond motifs is 3. The zero-order valence-electron chi connectivity index (χ0n) is 19.8. The van der Waals surface area contributed by atoms with Gasteiger partial charge in [-0.2, -0.15) is 0 Å². The Morgan fingerprint density at radius 3 is 2.68 bits per heavy atom. The number of carbonyl (C=O) groups is 3. The van der Waals surface area contributed by atoms with Gasteiger partial charge in [0.1, 0.15) is 17.1 Å². The maximum absolute atomic E-state index is 13.8. The van der Waals surface area contributed by atoms with Gasteiger partial charge in [-0.15, -0.1) is 5.10 Å². The first-order valence-corrected chi connectivity index (χ1v) is 11.8. The van der Waals surface area contributed by atoms with Crippen molar-refractivity contribution < 1.29 is 36.7 Å². The lowest BCUT2D eigenvalue weighted by Crippen LogP contribution is -2.53. The number of Topliss-reactive ketones (excluding diaryl/α,β-unsaturated/α-hetero) is 1. The molecule has 0 radical (unpaired) electrons. The summed E-state index contributed by atoms with van der Waals surface area (Å²) < 4.78 is 60.7. The Balaban J connectivity index is 1.30. The van der Waals surface area contributed by atoms with Gasteiger partial charge in [-0.25, -0.2) is 22.4 Å². The van der Waals surface area contributed by atoms with Crippen LogP contribution in [0.15, 0.2) is 24.5 Å². The van der Waals surface area contributed by atoms with E-state index in [0.29, 0.717) is 12.1 Å². The Bertz CT molecular complexity index is 1480. The van der Waals surface area contributed by atoms with E-state index in [2.05, 4.69) is 25.7 Å². The molecule has 0 unspecified atom stereocenters. The third kappa shape index (κ3) is 3.77. The highest BCUT2D eigenvalue weighted by molar-refractivity contribution is 6.41. The van der Waals surface area contributed by atoms with Gasteiger partial charge in [0, 0.05) is 29.8 Å². The molecule has 2 aliphatic carbocycles. The number of H-pyrrole nitrogens is 1. The molecule has 38 heavy (non-hydrogen) atoms. The Labute approximate surface area is 211 Å². The van der Waals surface area contributed by atoms with Gasteiger partial charge in [-0.05, 0) is 43.4 Å². The molecule has 0 saturated heterocycles. The van der Waals surface area contributed by atoms with E-state index in [9.17, 15) is 31.9 Å². The second-order valence-corrected chi connectivity index (χ2v) is 9.94. The Morgan fingerprint density at radius 1 is 1.26 bits per heavy atom. The summed E-state index contributed by atoms with van der Waals surface area (Å²) in [7, 11) is 0. The van der Waals surface area contributed by atoms with E-state index in [-0.39, 0.29) is 40.2 Å². The van der Waals surface area contributed by atoms with Crippen LogP contribution in [0.2, 0.25) is 0 Å². The molecule has 3 aliphatic rings. The molecule has 4 heterocycles. The molecule has 2 N–H and O–H groups in total. The van der Waals surface area contributed by atoms with Crippen molar-refractivity contribution in [2.75, 3.05) is 5.32 Å². The minimum Gasteiger partial charge on any atom is -0.446 e. The first-order chi connectivity index (χ1) is 18.0. The summed E-state index contributed by atoms with van der Waals surface area (Å²) >= 11 is 0. The van der Waals surface area contributed by atoms with E-state index >= 15 is 0 Å². The molecule has 1 aliphatic heterocycles. The van der Waals surface area contributed by atoms with Gasteiger partial charge in [-0.3, -0.25) is 19.7 Å². The lowest BCUT2D eigenvalue weighted by atomic mass is 9.74. The third-order valence-corrected chi connectivity index (χ3v) is 7.37. The number of amides is 1. The van der Waals surface area contributed by atoms with Crippen molar-refractivity contribution in [3.05, 3.63) is 58.4 Å². The van der Waals surface area contributed by atoms with Crippen LogP contribution in [-0.2, 0) is 21.6 Å². The molecule has 6 rings (SSSR count). The van der Waals surface area contributed by atoms with Crippen molar-refractivity contribution in [3.63, 3.8) is 0 Å². The molecule has 14 heteroatoms. The first-order valence-electron chi connectivity index (χ1n) is 11.8. The summed E-state index contributed by atoms with van der Waals surface area (Å²) in [5.41, 5.74) is -1.45. The second kappa shape index (κ2) is 8.20. The van der Waals surface area contributed by atoms with Gasteiger partial charge in [0.15, 0.2) is 5.60 Å². The summed E-state index contributed by atoms with van der Waals surface area (Å²) in [5.74, 6) is -5.96. The average molecular weight is 532 g/mol. The third-order valence-electron chi connectivity index (χ3n) is 7.37. The first kappa shape index (κ1) is 24.2. The fourth-order valence-electron chi connectivity index (χ4n) is 5.61. The summed E-state index contributed by atoms with van der Waals surface area (Å²) in [6.07, 6.45) is -0.916. The van der Waals surface area contributed by atoms with Crippen LogP contribution in [0.25, 0.3) is 0 Å². The van der Waals surface area contributed by atoms with Crippen LogP contribution in [0.1, 0.15) is 75.2 Å². The maximum Gasteiger partial charge on any atom is 0.380 e. The number of carbonyl (C=O) groups excluding carboxylic acids is 3. The number of aromatic nitrogens is 5. The van der Waals surface area contributed by atoms with Crippen LogP contribution in [-0.4, -0.2) is 48.5 Å². The zero-order chi connectivity index (χ0) is 27.0. The standard InChI is InChI=1S/C24H20F4N6O4/c1-10-17(19(35)22(37)38-23(8-24(27,28)9-23)16-7-30-33-32-16)15-5-11-4-14(11)34(15)18(10)21(36)31-12-2-3-29-13(6-12)20(25)26/h2-3,6-7,11,14,20H,4-5,8-9H2,1H3,(H,29,31,36)(H,30,32,33)/t11-,14-/m1/s1. The predicted molar refractivity (Wildman–Crippen MR) is 120 cm³/mol. The highest BCUT2D eigenvalue weighted by atomic mass is 19.3. The topological polar surface area (TPSA) is 132 Å². The Morgan fingerprint density at radius 2 is 2.03 bits per heavy atom. The molecule has 3 aromatic rings. The van der Waals surface area contributed by atoms with Crippen LogP contribution in [0, 0.1) is 12.8 Å². The Hall–Kier alpha value is -4.10. The van der Waals surface area contributed by atoms with Gasteiger partial charge in [0.2, 0.25) is 0 Å². The van der Waals surface area contributed by atoms with E-state index in [1.54, 1.807) is 4.57 Å². The number of esters is 1. The summed E-state index contributed by atoms with van der Waals surface area (Å²) in [4.78, 5) is 43.2. The monoisotopic (exact) mass is 532 g/mol. The van der Waals surface area contributed by atoms with Crippen molar-refractivity contribution >= 4 is 23.3 Å². The van der Waals surface area contributed by atoms with Crippen molar-refractivity contribution in [1.82, 2.24) is 25.0 Å². The molecular weight excluding hydrogens is 512 g/mol. The van der Waals surface area contributed by atoms with Gasteiger partial charge >= 0.3 is 5.97 Å². The lowest BCUT2D eigenvalue weighted by molar-refractivity contribution is -0.229. The number of pyridine rings is 1. The van der Waals surface area contributed by atoms with Crippen LogP contribution < -0.4 is 5.32 Å². The number of aromatic amines is 1. The van der Waals surface area contributed by atoms with Crippen molar-refractivity contribution in [1.29, 1.82) is 0 Å². The fraction of sp³-hybridized carbons (Fsp3) is 0.417. The Kier molecular flexibility index (Phi) is 5.23. The number of alkyl halides is 4. The minimum absolute atomic E-state index is 0.0169. The van der Waals surface area contributed by atoms with Crippen LogP contribution in [0.3, 0.4) is 0 Å². The molecule has 2 atom stereocenters. The van der Waals surface area contributed by atoms with E-state index in [1.807, 2.05) is 0 Å².